The molecular formula is C22H22FN3O3S. The lowest BCUT2D eigenvalue weighted by Crippen LogP contribution is -2.52. The van der Waals surface area contributed by atoms with Crippen LogP contribution in [0.5, 0.6) is 0 Å². The first kappa shape index (κ1) is 20.4. The Morgan fingerprint density at radius 1 is 1.20 bits per heavy atom. The minimum atomic E-state index is -0.670. The van der Waals surface area contributed by atoms with E-state index in [0.29, 0.717) is 30.0 Å². The van der Waals surface area contributed by atoms with Crippen LogP contribution in [0.15, 0.2) is 48.5 Å². The average molecular weight is 428 g/mol. The number of carbonyl (C=O) groups excluding carboxylic acids is 3. The largest absolute Gasteiger partial charge is 0.343 e. The first-order valence-corrected chi connectivity index (χ1v) is 10.9. The molecule has 30 heavy (non-hydrogen) atoms. The number of halogens is 1. The maximum Gasteiger partial charge on any atom is 0.247 e. The van der Waals surface area contributed by atoms with Crippen molar-refractivity contribution in [3.63, 3.8) is 0 Å². The first-order valence-electron chi connectivity index (χ1n) is 9.88. The first-order chi connectivity index (χ1) is 14.5. The standard InChI is InChI=1S/C22H22FN3O3S/c23-17-8-2-1-5-14(17)11-19-22(29)25-18(13-30-19)21(28)24-15-6-3-7-16(12-15)26-10-4-9-20(26)27/h1-3,5-8,12,18-19H,4,9-11,13H2,(H,24,28)(H,25,29)/t18-,19-/m0/s1. The lowest BCUT2D eigenvalue weighted by Gasteiger charge is -2.28. The molecule has 2 heterocycles. The van der Waals surface area contributed by atoms with E-state index in [0.717, 1.165) is 12.1 Å². The molecule has 2 aromatic rings. The minimum Gasteiger partial charge on any atom is -0.343 e. The van der Waals surface area contributed by atoms with E-state index in [1.807, 2.05) is 6.07 Å². The second-order valence-electron chi connectivity index (χ2n) is 7.37. The molecule has 0 aromatic heterocycles. The maximum atomic E-state index is 13.9. The van der Waals surface area contributed by atoms with Crippen LogP contribution < -0.4 is 15.5 Å². The van der Waals surface area contributed by atoms with Gasteiger partial charge in [-0.2, -0.15) is 0 Å². The van der Waals surface area contributed by atoms with Crippen LogP contribution in [0.2, 0.25) is 0 Å². The molecule has 0 bridgehead atoms. The molecule has 2 N–H and O–H groups in total. The molecule has 2 aliphatic rings. The summed E-state index contributed by atoms with van der Waals surface area (Å²) < 4.78 is 13.9. The summed E-state index contributed by atoms with van der Waals surface area (Å²) in [6.07, 6.45) is 1.65. The highest BCUT2D eigenvalue weighted by Gasteiger charge is 2.33. The number of thioether (sulfide) groups is 1. The van der Waals surface area contributed by atoms with E-state index in [1.165, 1.54) is 17.8 Å². The Kier molecular flexibility index (Phi) is 6.03. The van der Waals surface area contributed by atoms with Crippen LogP contribution in [-0.4, -0.2) is 41.3 Å². The molecule has 156 valence electrons. The minimum absolute atomic E-state index is 0.0790. The van der Waals surface area contributed by atoms with E-state index in [4.69, 9.17) is 0 Å². The molecule has 0 spiro atoms. The highest BCUT2D eigenvalue weighted by Crippen LogP contribution is 2.26. The predicted molar refractivity (Wildman–Crippen MR) is 115 cm³/mol. The molecule has 2 aromatic carbocycles. The Balaban J connectivity index is 1.36. The third kappa shape index (κ3) is 4.48. The van der Waals surface area contributed by atoms with Gasteiger partial charge in [0.15, 0.2) is 0 Å². The number of amides is 3. The van der Waals surface area contributed by atoms with Gasteiger partial charge in [0.25, 0.3) is 0 Å². The van der Waals surface area contributed by atoms with Gasteiger partial charge in [-0.05, 0) is 42.7 Å². The normalized spacial score (nSPS) is 21.4. The molecule has 8 heteroatoms. The van der Waals surface area contributed by atoms with E-state index < -0.39 is 11.3 Å². The highest BCUT2D eigenvalue weighted by molar-refractivity contribution is 8.00. The van der Waals surface area contributed by atoms with E-state index >= 15 is 0 Å². The van der Waals surface area contributed by atoms with Crippen molar-refractivity contribution in [2.24, 2.45) is 0 Å². The lowest BCUT2D eigenvalue weighted by atomic mass is 10.1. The number of nitrogens with zero attached hydrogens (tertiary/aromatic N) is 1. The number of nitrogens with one attached hydrogen (secondary N) is 2. The molecule has 2 aliphatic heterocycles. The van der Waals surface area contributed by atoms with Crippen LogP contribution in [0.1, 0.15) is 18.4 Å². The summed E-state index contributed by atoms with van der Waals surface area (Å²) in [6, 6.07) is 12.9. The van der Waals surface area contributed by atoms with Crippen LogP contribution in [0, 0.1) is 5.82 Å². The zero-order valence-corrected chi connectivity index (χ0v) is 17.1. The fourth-order valence-corrected chi connectivity index (χ4v) is 4.83. The van der Waals surface area contributed by atoms with Crippen molar-refractivity contribution in [3.8, 4) is 0 Å². The van der Waals surface area contributed by atoms with Gasteiger partial charge in [0.1, 0.15) is 11.9 Å². The molecule has 2 saturated heterocycles. The highest BCUT2D eigenvalue weighted by atomic mass is 32.2. The van der Waals surface area contributed by atoms with Crippen LogP contribution >= 0.6 is 11.8 Å². The summed E-state index contributed by atoms with van der Waals surface area (Å²) in [5.74, 6) is -0.435. The topological polar surface area (TPSA) is 78.5 Å². The van der Waals surface area contributed by atoms with Gasteiger partial charge in [-0.1, -0.05) is 24.3 Å². The Hall–Kier alpha value is -2.87. The maximum absolute atomic E-state index is 13.9. The van der Waals surface area contributed by atoms with Crippen molar-refractivity contribution in [2.75, 3.05) is 22.5 Å². The Morgan fingerprint density at radius 2 is 2.03 bits per heavy atom. The number of anilines is 2. The summed E-state index contributed by atoms with van der Waals surface area (Å²) in [5, 5.41) is 5.13. The fraction of sp³-hybridized carbons (Fsp3) is 0.318. The molecule has 0 saturated carbocycles. The van der Waals surface area contributed by atoms with Gasteiger partial charge in [-0.3, -0.25) is 14.4 Å². The summed E-state index contributed by atoms with van der Waals surface area (Å²) >= 11 is 1.35. The molecule has 3 amide bonds. The Bertz CT molecular complexity index is 984. The number of hydrogen-bond acceptors (Lipinski definition) is 4. The molecule has 0 aliphatic carbocycles. The number of carbonyl (C=O) groups is 3. The van der Waals surface area contributed by atoms with Crippen molar-refractivity contribution >= 4 is 40.9 Å². The second-order valence-corrected chi connectivity index (χ2v) is 8.60. The average Bonchev–Trinajstić information content (AvgIpc) is 3.17. The third-order valence-electron chi connectivity index (χ3n) is 5.25. The van der Waals surface area contributed by atoms with Crippen LogP contribution in [-0.2, 0) is 20.8 Å². The molecule has 2 fully saturated rings. The fourth-order valence-electron chi connectivity index (χ4n) is 3.65. The van der Waals surface area contributed by atoms with E-state index in [2.05, 4.69) is 10.6 Å². The van der Waals surface area contributed by atoms with Gasteiger partial charge >= 0.3 is 0 Å². The van der Waals surface area contributed by atoms with E-state index in [-0.39, 0.29) is 30.0 Å². The van der Waals surface area contributed by atoms with Crippen molar-refractivity contribution in [2.45, 2.75) is 30.6 Å². The van der Waals surface area contributed by atoms with Crippen molar-refractivity contribution < 1.29 is 18.8 Å². The van der Waals surface area contributed by atoms with E-state index in [1.54, 1.807) is 41.3 Å². The zero-order valence-electron chi connectivity index (χ0n) is 16.3. The Labute approximate surface area is 178 Å². The predicted octanol–water partition coefficient (Wildman–Crippen LogP) is 2.73. The lowest BCUT2D eigenvalue weighted by molar-refractivity contribution is -0.126. The van der Waals surface area contributed by atoms with Gasteiger partial charge in [0.05, 0.1) is 5.25 Å². The molecule has 6 nitrogen and oxygen atoms in total. The van der Waals surface area contributed by atoms with Gasteiger partial charge in [0, 0.05) is 30.1 Å². The second kappa shape index (κ2) is 8.87. The third-order valence-corrected chi connectivity index (χ3v) is 6.56. The quantitative estimate of drug-likeness (QED) is 0.769. The van der Waals surface area contributed by atoms with Gasteiger partial charge < -0.3 is 15.5 Å². The molecule has 4 rings (SSSR count). The van der Waals surface area contributed by atoms with Gasteiger partial charge in [-0.25, -0.2) is 4.39 Å². The molecule has 2 atom stereocenters. The van der Waals surface area contributed by atoms with Crippen molar-refractivity contribution in [1.82, 2.24) is 5.32 Å². The number of benzene rings is 2. The van der Waals surface area contributed by atoms with Gasteiger partial charge in [0.2, 0.25) is 17.7 Å². The van der Waals surface area contributed by atoms with Crippen molar-refractivity contribution in [3.05, 3.63) is 59.9 Å². The van der Waals surface area contributed by atoms with Crippen LogP contribution in [0.4, 0.5) is 15.8 Å². The van der Waals surface area contributed by atoms with E-state index in [9.17, 15) is 18.8 Å². The zero-order chi connectivity index (χ0) is 21.1. The monoisotopic (exact) mass is 427 g/mol. The molecule has 0 unspecified atom stereocenters. The Morgan fingerprint density at radius 3 is 2.77 bits per heavy atom. The van der Waals surface area contributed by atoms with Crippen LogP contribution in [0.25, 0.3) is 0 Å². The summed E-state index contributed by atoms with van der Waals surface area (Å²) in [5.41, 5.74) is 1.81. The van der Waals surface area contributed by atoms with Crippen molar-refractivity contribution in [1.29, 1.82) is 0 Å². The smallest absolute Gasteiger partial charge is 0.247 e. The van der Waals surface area contributed by atoms with Crippen LogP contribution in [0.3, 0.4) is 0 Å². The molecule has 0 radical (unpaired) electrons. The summed E-state index contributed by atoms with van der Waals surface area (Å²) in [7, 11) is 0. The molecular weight excluding hydrogens is 405 g/mol. The SMILES string of the molecule is O=C(Nc1cccc(N2CCCC2=O)c1)[C@@H]1CS[C@@H](Cc2ccccc2F)C(=O)N1. The number of hydrogen-bond donors (Lipinski definition) is 2. The van der Waals surface area contributed by atoms with Gasteiger partial charge in [-0.15, -0.1) is 11.8 Å². The summed E-state index contributed by atoms with van der Waals surface area (Å²) in [4.78, 5) is 38.8. The summed E-state index contributed by atoms with van der Waals surface area (Å²) in [6.45, 7) is 0.676. The number of rotatable bonds is 5.